The molecule has 0 saturated carbocycles. The number of nitrogen functional groups attached to an aromatic ring is 1. The fraction of sp³-hybridized carbons (Fsp3) is 0.308. The van der Waals surface area contributed by atoms with Crippen molar-refractivity contribution < 1.29 is 19.5 Å². The number of anilines is 1. The minimum Gasteiger partial charge on any atom is -0.480 e. The molecule has 2 unspecified atom stereocenters. The number of nitrogens with zero attached hydrogens (tertiary/aromatic N) is 2. The molecule has 0 spiro atoms. The molecule has 0 bridgehead atoms. The Bertz CT molecular complexity index is 1220. The third-order valence-electron chi connectivity index (χ3n) is 6.25. The number of carbonyl (C=O) groups is 3. The first-order valence-electron chi connectivity index (χ1n) is 11.6. The number of nitrogens with one attached hydrogen (secondary N) is 2. The molecule has 1 aliphatic rings. The first kappa shape index (κ1) is 24.2. The lowest BCUT2D eigenvalue weighted by atomic mass is 10.0. The molecular formula is C26H29N5O4. The summed E-state index contributed by atoms with van der Waals surface area (Å²) < 4.78 is 0. The lowest BCUT2D eigenvalue weighted by Crippen LogP contribution is -2.53. The SMILES string of the molecule is Nc1nccc2ccc(CNC(=O)C3CCCN3C(=O)C(Cc3ccccc3)NCC(=O)O)cc12. The fourth-order valence-corrected chi connectivity index (χ4v) is 4.47. The van der Waals surface area contributed by atoms with Crippen LogP contribution >= 0.6 is 0 Å². The molecule has 2 aromatic carbocycles. The summed E-state index contributed by atoms with van der Waals surface area (Å²) in [4.78, 5) is 43.3. The number of hydrogen-bond acceptors (Lipinski definition) is 6. The highest BCUT2D eigenvalue weighted by Crippen LogP contribution is 2.22. The van der Waals surface area contributed by atoms with E-state index in [0.29, 0.717) is 38.2 Å². The van der Waals surface area contributed by atoms with Crippen LogP contribution in [0.1, 0.15) is 24.0 Å². The Balaban J connectivity index is 1.43. The lowest BCUT2D eigenvalue weighted by Gasteiger charge is -2.28. The van der Waals surface area contributed by atoms with Crippen LogP contribution in [0, 0.1) is 0 Å². The Kier molecular flexibility index (Phi) is 7.57. The third-order valence-corrected chi connectivity index (χ3v) is 6.25. The molecule has 1 aromatic heterocycles. The van der Waals surface area contributed by atoms with Crippen molar-refractivity contribution in [3.05, 3.63) is 71.9 Å². The zero-order chi connectivity index (χ0) is 24.8. The zero-order valence-electron chi connectivity index (χ0n) is 19.3. The van der Waals surface area contributed by atoms with Gasteiger partial charge in [-0.3, -0.25) is 19.7 Å². The van der Waals surface area contributed by atoms with Crippen LogP contribution in [-0.4, -0.2) is 57.9 Å². The maximum absolute atomic E-state index is 13.4. The minimum atomic E-state index is -1.04. The number of aliphatic carboxylic acids is 1. The maximum Gasteiger partial charge on any atom is 0.317 e. The summed E-state index contributed by atoms with van der Waals surface area (Å²) >= 11 is 0. The van der Waals surface area contributed by atoms with E-state index in [9.17, 15) is 14.4 Å². The lowest BCUT2D eigenvalue weighted by molar-refractivity contribution is -0.141. The highest BCUT2D eigenvalue weighted by Gasteiger charge is 2.37. The van der Waals surface area contributed by atoms with Gasteiger partial charge in [0.2, 0.25) is 11.8 Å². The van der Waals surface area contributed by atoms with Gasteiger partial charge in [-0.05, 0) is 47.9 Å². The summed E-state index contributed by atoms with van der Waals surface area (Å²) in [6.07, 6.45) is 3.26. The van der Waals surface area contributed by atoms with E-state index in [0.717, 1.165) is 21.9 Å². The number of carboxylic acids is 1. The normalized spacial score (nSPS) is 16.2. The second kappa shape index (κ2) is 11.0. The zero-order valence-corrected chi connectivity index (χ0v) is 19.3. The number of pyridine rings is 1. The van der Waals surface area contributed by atoms with E-state index in [-0.39, 0.29) is 18.4 Å². The molecule has 3 aromatic rings. The van der Waals surface area contributed by atoms with Crippen molar-refractivity contribution >= 4 is 34.4 Å². The molecule has 0 radical (unpaired) electrons. The van der Waals surface area contributed by atoms with Crippen LogP contribution in [0.5, 0.6) is 0 Å². The second-order valence-corrected chi connectivity index (χ2v) is 8.68. The molecule has 182 valence electrons. The van der Waals surface area contributed by atoms with Gasteiger partial charge < -0.3 is 21.1 Å². The number of hydrogen-bond donors (Lipinski definition) is 4. The maximum atomic E-state index is 13.4. The van der Waals surface area contributed by atoms with Gasteiger partial charge in [-0.1, -0.05) is 42.5 Å². The number of amides is 2. The Morgan fingerprint density at radius 1 is 1.11 bits per heavy atom. The van der Waals surface area contributed by atoms with Crippen molar-refractivity contribution in [1.82, 2.24) is 20.5 Å². The Labute approximate surface area is 203 Å². The van der Waals surface area contributed by atoms with Gasteiger partial charge in [0.25, 0.3) is 0 Å². The average Bonchev–Trinajstić information content (AvgIpc) is 3.36. The van der Waals surface area contributed by atoms with Crippen LogP contribution in [0.4, 0.5) is 5.82 Å². The van der Waals surface area contributed by atoms with Gasteiger partial charge in [-0.25, -0.2) is 4.98 Å². The minimum absolute atomic E-state index is 0.230. The van der Waals surface area contributed by atoms with E-state index in [1.165, 1.54) is 0 Å². The molecule has 2 heterocycles. The molecule has 0 aliphatic carbocycles. The fourth-order valence-electron chi connectivity index (χ4n) is 4.47. The van der Waals surface area contributed by atoms with Crippen LogP contribution in [0.15, 0.2) is 60.8 Å². The van der Waals surface area contributed by atoms with Gasteiger partial charge in [0.15, 0.2) is 0 Å². The standard InChI is InChI=1S/C26H29N5O4/c27-24-20-13-18(8-9-19(20)10-11-28-24)15-30-25(34)22-7-4-12-31(22)26(35)21(29-16-23(32)33)14-17-5-2-1-3-6-17/h1-3,5-6,8-11,13,21-22,29H,4,7,12,14-16H2,(H2,27,28)(H,30,34)(H,32,33). The smallest absolute Gasteiger partial charge is 0.317 e. The number of carboxylic acid groups (broad SMARTS) is 1. The Morgan fingerprint density at radius 2 is 1.91 bits per heavy atom. The highest BCUT2D eigenvalue weighted by molar-refractivity contribution is 5.92. The van der Waals surface area contributed by atoms with E-state index in [4.69, 9.17) is 10.8 Å². The molecule has 35 heavy (non-hydrogen) atoms. The molecule has 5 N–H and O–H groups in total. The van der Waals surface area contributed by atoms with Crippen LogP contribution in [-0.2, 0) is 27.3 Å². The Morgan fingerprint density at radius 3 is 2.69 bits per heavy atom. The summed E-state index contributed by atoms with van der Waals surface area (Å²) in [6, 6.07) is 15.7. The van der Waals surface area contributed by atoms with E-state index in [1.807, 2.05) is 54.6 Å². The number of rotatable bonds is 9. The molecule has 1 saturated heterocycles. The van der Waals surface area contributed by atoms with Gasteiger partial charge in [-0.15, -0.1) is 0 Å². The number of carbonyl (C=O) groups excluding carboxylic acids is 2. The highest BCUT2D eigenvalue weighted by atomic mass is 16.4. The molecule has 4 rings (SSSR count). The van der Waals surface area contributed by atoms with Crippen LogP contribution < -0.4 is 16.4 Å². The Hall–Kier alpha value is -3.98. The topological polar surface area (TPSA) is 138 Å². The van der Waals surface area contributed by atoms with Gasteiger partial charge in [0.05, 0.1) is 12.6 Å². The van der Waals surface area contributed by atoms with Crippen molar-refractivity contribution in [3.63, 3.8) is 0 Å². The third kappa shape index (κ3) is 5.93. The summed E-state index contributed by atoms with van der Waals surface area (Å²) in [5, 5.41) is 16.7. The summed E-state index contributed by atoms with van der Waals surface area (Å²) in [6.45, 7) is 0.412. The summed E-state index contributed by atoms with van der Waals surface area (Å²) in [7, 11) is 0. The van der Waals surface area contributed by atoms with Gasteiger partial charge in [0.1, 0.15) is 11.9 Å². The monoisotopic (exact) mass is 475 g/mol. The van der Waals surface area contributed by atoms with E-state index < -0.39 is 18.1 Å². The molecule has 2 atom stereocenters. The molecule has 1 aliphatic heterocycles. The summed E-state index contributed by atoms with van der Waals surface area (Å²) in [5.74, 6) is -1.11. The second-order valence-electron chi connectivity index (χ2n) is 8.68. The van der Waals surface area contributed by atoms with Crippen molar-refractivity contribution in [2.24, 2.45) is 0 Å². The molecular weight excluding hydrogens is 446 g/mol. The molecule has 1 fully saturated rings. The molecule has 2 amide bonds. The van der Waals surface area contributed by atoms with Crippen molar-refractivity contribution in [2.75, 3.05) is 18.8 Å². The van der Waals surface area contributed by atoms with Crippen LogP contribution in [0.2, 0.25) is 0 Å². The number of benzene rings is 2. The van der Waals surface area contributed by atoms with E-state index in [1.54, 1.807) is 11.1 Å². The average molecular weight is 476 g/mol. The van der Waals surface area contributed by atoms with Crippen LogP contribution in [0.25, 0.3) is 10.8 Å². The number of aromatic nitrogens is 1. The van der Waals surface area contributed by atoms with Crippen LogP contribution in [0.3, 0.4) is 0 Å². The summed E-state index contributed by atoms with van der Waals surface area (Å²) in [5.41, 5.74) is 7.77. The number of fused-ring (bicyclic) bond motifs is 1. The quantitative estimate of drug-likeness (QED) is 0.370. The van der Waals surface area contributed by atoms with E-state index in [2.05, 4.69) is 15.6 Å². The van der Waals surface area contributed by atoms with Gasteiger partial charge in [0, 0.05) is 24.7 Å². The number of nitrogens with two attached hydrogens (primary N) is 1. The predicted molar refractivity (Wildman–Crippen MR) is 132 cm³/mol. The van der Waals surface area contributed by atoms with Crippen molar-refractivity contribution in [3.8, 4) is 0 Å². The van der Waals surface area contributed by atoms with Gasteiger partial charge >= 0.3 is 5.97 Å². The largest absolute Gasteiger partial charge is 0.480 e. The number of likely N-dealkylation sites (tertiary alicyclic amines) is 1. The van der Waals surface area contributed by atoms with E-state index >= 15 is 0 Å². The first-order valence-corrected chi connectivity index (χ1v) is 11.6. The van der Waals surface area contributed by atoms with Crippen molar-refractivity contribution in [1.29, 1.82) is 0 Å². The predicted octanol–water partition coefficient (Wildman–Crippen LogP) is 1.71. The van der Waals surface area contributed by atoms with Crippen molar-refractivity contribution in [2.45, 2.75) is 37.9 Å². The molecule has 9 nitrogen and oxygen atoms in total. The first-order chi connectivity index (χ1) is 16.9. The van der Waals surface area contributed by atoms with Gasteiger partial charge in [-0.2, -0.15) is 0 Å². The molecule has 9 heteroatoms.